The highest BCUT2D eigenvalue weighted by Gasteiger charge is 2.28. The number of nitrogens with zero attached hydrogens (tertiary/aromatic N) is 2. The highest BCUT2D eigenvalue weighted by molar-refractivity contribution is 5.97. The third-order valence-electron chi connectivity index (χ3n) is 4.51. The van der Waals surface area contributed by atoms with E-state index in [0.29, 0.717) is 19.0 Å². The van der Waals surface area contributed by atoms with Crippen molar-refractivity contribution in [2.45, 2.75) is 32.8 Å². The number of piperidine rings is 1. The van der Waals surface area contributed by atoms with Crippen LogP contribution in [0, 0.1) is 16.0 Å². The minimum Gasteiger partial charge on any atom is -0.465 e. The molecule has 1 atom stereocenters. The Labute approximate surface area is 156 Å². The van der Waals surface area contributed by atoms with Gasteiger partial charge in [-0.05, 0) is 31.7 Å². The molecule has 9 heteroatoms. The van der Waals surface area contributed by atoms with E-state index in [4.69, 9.17) is 4.74 Å². The van der Waals surface area contributed by atoms with Crippen LogP contribution in [0.1, 0.15) is 47.4 Å². The zero-order valence-corrected chi connectivity index (χ0v) is 15.5. The molecule has 0 aliphatic carbocycles. The minimum atomic E-state index is -1.04. The summed E-state index contributed by atoms with van der Waals surface area (Å²) in [6.07, 6.45) is 0.742. The maximum atomic E-state index is 12.4. The minimum absolute atomic E-state index is 0.150. The second-order valence-electron chi connectivity index (χ2n) is 6.57. The fraction of sp³-hybridized carbons (Fsp3) is 0.500. The molecule has 0 spiro atoms. The standard InChI is InChI=1S/C18H22N2O7/c1-11-4-6-19(7-5-11)16(21)12(2)27-18(23)14-8-13(17(22)26-3)9-15(10-14)20(24)25/h8-12H,4-7H2,1-3H3/t12-/m1/s1. The first-order valence-corrected chi connectivity index (χ1v) is 8.60. The number of carbonyl (C=O) groups excluding carboxylic acids is 3. The summed E-state index contributed by atoms with van der Waals surface area (Å²) < 4.78 is 9.72. The molecule has 1 saturated heterocycles. The van der Waals surface area contributed by atoms with Gasteiger partial charge >= 0.3 is 11.9 Å². The van der Waals surface area contributed by atoms with Crippen molar-refractivity contribution >= 4 is 23.5 Å². The molecule has 0 saturated carbocycles. The van der Waals surface area contributed by atoms with Gasteiger partial charge in [0.15, 0.2) is 6.10 Å². The van der Waals surface area contributed by atoms with Crippen LogP contribution in [0.2, 0.25) is 0 Å². The number of rotatable bonds is 5. The molecule has 1 aliphatic heterocycles. The number of carbonyl (C=O) groups is 3. The molecule has 0 N–H and O–H groups in total. The van der Waals surface area contributed by atoms with Gasteiger partial charge in [-0.15, -0.1) is 0 Å². The van der Waals surface area contributed by atoms with E-state index in [0.717, 1.165) is 38.2 Å². The average Bonchev–Trinajstić information content (AvgIpc) is 2.66. The predicted molar refractivity (Wildman–Crippen MR) is 94.3 cm³/mol. The van der Waals surface area contributed by atoms with E-state index in [9.17, 15) is 24.5 Å². The molecule has 1 heterocycles. The molecule has 2 rings (SSSR count). The molecule has 9 nitrogen and oxygen atoms in total. The zero-order valence-electron chi connectivity index (χ0n) is 15.5. The number of amides is 1. The van der Waals surface area contributed by atoms with Crippen LogP contribution in [0.25, 0.3) is 0 Å². The fourth-order valence-electron chi connectivity index (χ4n) is 2.84. The Morgan fingerprint density at radius 3 is 2.22 bits per heavy atom. The second kappa shape index (κ2) is 8.61. The number of esters is 2. The summed E-state index contributed by atoms with van der Waals surface area (Å²) in [6.45, 7) is 4.78. The van der Waals surface area contributed by atoms with Crippen molar-refractivity contribution < 1.29 is 28.8 Å². The Hall–Kier alpha value is -2.97. The van der Waals surface area contributed by atoms with E-state index in [2.05, 4.69) is 11.7 Å². The van der Waals surface area contributed by atoms with Crippen molar-refractivity contribution in [2.24, 2.45) is 5.92 Å². The summed E-state index contributed by atoms with van der Waals surface area (Å²) in [5, 5.41) is 11.0. The highest BCUT2D eigenvalue weighted by Crippen LogP contribution is 2.20. The van der Waals surface area contributed by atoms with Crippen molar-refractivity contribution in [1.29, 1.82) is 0 Å². The molecule has 0 bridgehead atoms. The summed E-state index contributed by atoms with van der Waals surface area (Å²) in [5.74, 6) is -1.50. The molecule has 0 aromatic heterocycles. The zero-order chi connectivity index (χ0) is 20.1. The van der Waals surface area contributed by atoms with E-state index in [-0.39, 0.29) is 17.0 Å². The average molecular weight is 378 g/mol. The summed E-state index contributed by atoms with van der Waals surface area (Å²) >= 11 is 0. The number of benzene rings is 1. The third kappa shape index (κ3) is 5.02. The Balaban J connectivity index is 2.14. The third-order valence-corrected chi connectivity index (χ3v) is 4.51. The first kappa shape index (κ1) is 20.3. The smallest absolute Gasteiger partial charge is 0.339 e. The van der Waals surface area contributed by atoms with Crippen molar-refractivity contribution in [3.63, 3.8) is 0 Å². The molecular formula is C18H22N2O7. The largest absolute Gasteiger partial charge is 0.465 e. The Bertz CT molecular complexity index is 754. The van der Waals surface area contributed by atoms with Gasteiger partial charge in [0.1, 0.15) is 0 Å². The highest BCUT2D eigenvalue weighted by atomic mass is 16.6. The summed E-state index contributed by atoms with van der Waals surface area (Å²) in [7, 11) is 1.12. The topological polar surface area (TPSA) is 116 Å². The molecule has 0 radical (unpaired) electrons. The number of ether oxygens (including phenoxy) is 2. The van der Waals surface area contributed by atoms with Crippen LogP contribution >= 0.6 is 0 Å². The van der Waals surface area contributed by atoms with Crippen LogP contribution in [0.4, 0.5) is 5.69 Å². The summed E-state index contributed by atoms with van der Waals surface area (Å²) in [6, 6.07) is 3.14. The van der Waals surface area contributed by atoms with Crippen LogP contribution in [-0.4, -0.2) is 54.0 Å². The monoisotopic (exact) mass is 378 g/mol. The van der Waals surface area contributed by atoms with Gasteiger partial charge in [-0.25, -0.2) is 9.59 Å². The predicted octanol–water partition coefficient (Wildman–Crippen LogP) is 2.19. The van der Waals surface area contributed by atoms with Crippen LogP contribution in [0.5, 0.6) is 0 Å². The van der Waals surface area contributed by atoms with Gasteiger partial charge in [-0.3, -0.25) is 14.9 Å². The van der Waals surface area contributed by atoms with Crippen molar-refractivity contribution in [1.82, 2.24) is 4.90 Å². The molecular weight excluding hydrogens is 356 g/mol. The number of methoxy groups -OCH3 is 1. The second-order valence-corrected chi connectivity index (χ2v) is 6.57. The lowest BCUT2D eigenvalue weighted by atomic mass is 9.99. The first-order valence-electron chi connectivity index (χ1n) is 8.60. The fourth-order valence-corrected chi connectivity index (χ4v) is 2.84. The van der Waals surface area contributed by atoms with Gasteiger partial charge in [0, 0.05) is 25.2 Å². The lowest BCUT2D eigenvalue weighted by Gasteiger charge is -2.31. The molecule has 146 valence electrons. The Morgan fingerprint density at radius 2 is 1.70 bits per heavy atom. The Morgan fingerprint density at radius 1 is 1.15 bits per heavy atom. The molecule has 1 aromatic rings. The normalized spacial score (nSPS) is 15.7. The van der Waals surface area contributed by atoms with Crippen LogP contribution in [-0.2, 0) is 14.3 Å². The number of non-ortho nitro benzene ring substituents is 1. The maximum Gasteiger partial charge on any atom is 0.339 e. The maximum absolute atomic E-state index is 12.4. The van der Waals surface area contributed by atoms with Gasteiger partial charge in [-0.2, -0.15) is 0 Å². The first-order chi connectivity index (χ1) is 12.7. The molecule has 1 aromatic carbocycles. The molecule has 27 heavy (non-hydrogen) atoms. The number of hydrogen-bond donors (Lipinski definition) is 0. The Kier molecular flexibility index (Phi) is 6.49. The quantitative estimate of drug-likeness (QED) is 0.438. The van der Waals surface area contributed by atoms with Gasteiger partial charge in [0.25, 0.3) is 11.6 Å². The van der Waals surface area contributed by atoms with Crippen LogP contribution < -0.4 is 0 Å². The molecule has 0 unspecified atom stereocenters. The lowest BCUT2D eigenvalue weighted by molar-refractivity contribution is -0.384. The van der Waals surface area contributed by atoms with Crippen LogP contribution in [0.3, 0.4) is 0 Å². The van der Waals surface area contributed by atoms with E-state index in [1.54, 1.807) is 4.90 Å². The number of nitro benzene ring substituents is 1. The van der Waals surface area contributed by atoms with Crippen molar-refractivity contribution in [2.75, 3.05) is 20.2 Å². The van der Waals surface area contributed by atoms with Gasteiger partial charge in [0.2, 0.25) is 0 Å². The van der Waals surface area contributed by atoms with Gasteiger partial charge < -0.3 is 14.4 Å². The van der Waals surface area contributed by atoms with Crippen molar-refractivity contribution in [3.05, 3.63) is 39.4 Å². The summed E-state index contributed by atoms with van der Waals surface area (Å²) in [4.78, 5) is 48.4. The SMILES string of the molecule is COC(=O)c1cc(C(=O)O[C@H](C)C(=O)N2CCC(C)CC2)cc([N+](=O)[O-])c1. The van der Waals surface area contributed by atoms with Crippen LogP contribution in [0.15, 0.2) is 18.2 Å². The number of hydrogen-bond acceptors (Lipinski definition) is 7. The van der Waals surface area contributed by atoms with E-state index < -0.39 is 28.7 Å². The number of likely N-dealkylation sites (tertiary alicyclic amines) is 1. The van der Waals surface area contributed by atoms with Gasteiger partial charge in [-0.1, -0.05) is 6.92 Å². The number of nitro groups is 1. The van der Waals surface area contributed by atoms with E-state index in [1.807, 2.05) is 0 Å². The summed E-state index contributed by atoms with van der Waals surface area (Å²) in [5.41, 5.74) is -0.798. The van der Waals surface area contributed by atoms with E-state index >= 15 is 0 Å². The molecule has 1 fully saturated rings. The lowest BCUT2D eigenvalue weighted by Crippen LogP contribution is -2.44. The van der Waals surface area contributed by atoms with E-state index in [1.165, 1.54) is 6.92 Å². The van der Waals surface area contributed by atoms with Gasteiger partial charge in [0.05, 0.1) is 23.2 Å². The van der Waals surface area contributed by atoms with Crippen molar-refractivity contribution in [3.8, 4) is 0 Å². The molecule has 1 amide bonds. The molecule has 1 aliphatic rings.